The van der Waals surface area contributed by atoms with E-state index in [-0.39, 0.29) is 16.9 Å². The molecule has 0 saturated heterocycles. The molecule has 0 bridgehead atoms. The van der Waals surface area contributed by atoms with E-state index in [0.29, 0.717) is 0 Å². The molecule has 0 radical (unpaired) electrons. The van der Waals surface area contributed by atoms with Crippen LogP contribution in [0.4, 0.5) is 23.2 Å². The van der Waals surface area contributed by atoms with Gasteiger partial charge in [-0.25, -0.2) is 4.39 Å². The standard InChI is InChI=1S/C12H8F4N2/c13-7-5-10(17)11(18-6-7)8-3-1-2-4-9(8)12(14,15)16/h1-6H,17H2. The zero-order valence-corrected chi connectivity index (χ0v) is 9.00. The molecule has 2 rings (SSSR count). The van der Waals surface area contributed by atoms with Crippen molar-refractivity contribution in [3.05, 3.63) is 47.9 Å². The van der Waals surface area contributed by atoms with Gasteiger partial charge in [0.1, 0.15) is 5.82 Å². The number of alkyl halides is 3. The van der Waals surface area contributed by atoms with Gasteiger partial charge >= 0.3 is 6.18 Å². The topological polar surface area (TPSA) is 38.9 Å². The molecular formula is C12H8F4N2. The van der Waals surface area contributed by atoms with Crippen LogP contribution in [0.3, 0.4) is 0 Å². The lowest BCUT2D eigenvalue weighted by atomic mass is 10.0. The summed E-state index contributed by atoms with van der Waals surface area (Å²) < 4.78 is 51.2. The van der Waals surface area contributed by atoms with E-state index in [9.17, 15) is 17.6 Å². The van der Waals surface area contributed by atoms with Crippen molar-refractivity contribution in [2.24, 2.45) is 0 Å². The Labute approximate surface area is 100 Å². The maximum atomic E-state index is 12.8. The van der Waals surface area contributed by atoms with Crippen LogP contribution >= 0.6 is 0 Å². The molecule has 0 atom stereocenters. The van der Waals surface area contributed by atoms with E-state index >= 15 is 0 Å². The molecule has 0 aliphatic heterocycles. The maximum Gasteiger partial charge on any atom is 0.417 e. The van der Waals surface area contributed by atoms with Crippen LogP contribution in [0.5, 0.6) is 0 Å². The number of nitrogens with zero attached hydrogens (tertiary/aromatic N) is 1. The van der Waals surface area contributed by atoms with E-state index in [0.717, 1.165) is 18.3 Å². The van der Waals surface area contributed by atoms with Gasteiger partial charge in [0.25, 0.3) is 0 Å². The molecule has 0 unspecified atom stereocenters. The van der Waals surface area contributed by atoms with Gasteiger partial charge in [0.05, 0.1) is 23.1 Å². The average Bonchev–Trinajstić information content (AvgIpc) is 2.28. The lowest BCUT2D eigenvalue weighted by Crippen LogP contribution is -2.08. The van der Waals surface area contributed by atoms with Crippen molar-refractivity contribution in [3.63, 3.8) is 0 Å². The van der Waals surface area contributed by atoms with E-state index in [1.54, 1.807) is 0 Å². The van der Waals surface area contributed by atoms with Gasteiger partial charge in [-0.1, -0.05) is 18.2 Å². The first-order valence-corrected chi connectivity index (χ1v) is 4.97. The minimum absolute atomic E-state index is 0.0793. The first kappa shape index (κ1) is 12.3. The van der Waals surface area contributed by atoms with Gasteiger partial charge in [0, 0.05) is 11.6 Å². The quantitative estimate of drug-likeness (QED) is 0.793. The lowest BCUT2D eigenvalue weighted by molar-refractivity contribution is -0.137. The van der Waals surface area contributed by atoms with Crippen LogP contribution < -0.4 is 5.73 Å². The highest BCUT2D eigenvalue weighted by molar-refractivity contribution is 5.75. The van der Waals surface area contributed by atoms with E-state index in [4.69, 9.17) is 5.73 Å². The number of nitrogen functional groups attached to an aromatic ring is 1. The molecule has 94 valence electrons. The fourth-order valence-corrected chi connectivity index (χ4v) is 1.62. The van der Waals surface area contributed by atoms with Gasteiger partial charge in [-0.3, -0.25) is 4.98 Å². The zero-order chi connectivity index (χ0) is 13.3. The Bertz CT molecular complexity index is 579. The molecule has 6 heteroatoms. The number of nitrogens with two attached hydrogens (primary N) is 1. The van der Waals surface area contributed by atoms with Gasteiger partial charge in [-0.2, -0.15) is 13.2 Å². The second-order valence-corrected chi connectivity index (χ2v) is 3.63. The van der Waals surface area contributed by atoms with E-state index in [2.05, 4.69) is 4.98 Å². The minimum Gasteiger partial charge on any atom is -0.397 e. The largest absolute Gasteiger partial charge is 0.417 e. The summed E-state index contributed by atoms with van der Waals surface area (Å²) >= 11 is 0. The molecular weight excluding hydrogens is 248 g/mol. The summed E-state index contributed by atoms with van der Waals surface area (Å²) in [5.41, 5.74) is 4.27. The number of benzene rings is 1. The fraction of sp³-hybridized carbons (Fsp3) is 0.0833. The van der Waals surface area contributed by atoms with Crippen molar-refractivity contribution in [2.75, 3.05) is 5.73 Å². The SMILES string of the molecule is Nc1cc(F)cnc1-c1ccccc1C(F)(F)F. The summed E-state index contributed by atoms with van der Waals surface area (Å²) in [6.07, 6.45) is -3.68. The van der Waals surface area contributed by atoms with Gasteiger partial charge < -0.3 is 5.73 Å². The van der Waals surface area contributed by atoms with Gasteiger partial charge in [0.2, 0.25) is 0 Å². The van der Waals surface area contributed by atoms with Crippen LogP contribution in [0.15, 0.2) is 36.5 Å². The number of pyridine rings is 1. The van der Waals surface area contributed by atoms with Crippen LogP contribution in [0.2, 0.25) is 0 Å². The number of hydrogen-bond acceptors (Lipinski definition) is 2. The molecule has 1 heterocycles. The predicted molar refractivity (Wildman–Crippen MR) is 59.0 cm³/mol. The summed E-state index contributed by atoms with van der Waals surface area (Å²) in [6.45, 7) is 0. The van der Waals surface area contributed by atoms with Crippen molar-refractivity contribution in [3.8, 4) is 11.3 Å². The highest BCUT2D eigenvalue weighted by Gasteiger charge is 2.34. The molecule has 1 aromatic heterocycles. The smallest absolute Gasteiger partial charge is 0.397 e. The summed E-state index contributed by atoms with van der Waals surface area (Å²) in [6, 6.07) is 5.83. The highest BCUT2D eigenvalue weighted by Crippen LogP contribution is 2.37. The monoisotopic (exact) mass is 256 g/mol. The number of halogens is 4. The lowest BCUT2D eigenvalue weighted by Gasteiger charge is -2.13. The predicted octanol–water partition coefficient (Wildman–Crippen LogP) is 3.49. The molecule has 0 aliphatic carbocycles. The Balaban J connectivity index is 2.64. The second-order valence-electron chi connectivity index (χ2n) is 3.63. The summed E-state index contributed by atoms with van der Waals surface area (Å²) in [5, 5.41) is 0. The summed E-state index contributed by atoms with van der Waals surface area (Å²) in [4.78, 5) is 3.62. The number of anilines is 1. The third-order valence-electron chi connectivity index (χ3n) is 2.37. The number of aromatic nitrogens is 1. The number of rotatable bonds is 1. The molecule has 0 amide bonds. The van der Waals surface area contributed by atoms with E-state index in [1.165, 1.54) is 18.2 Å². The fourth-order valence-electron chi connectivity index (χ4n) is 1.62. The van der Waals surface area contributed by atoms with Crippen LogP contribution in [0.25, 0.3) is 11.3 Å². The highest BCUT2D eigenvalue weighted by atomic mass is 19.4. The Morgan fingerprint density at radius 3 is 2.39 bits per heavy atom. The average molecular weight is 256 g/mol. The van der Waals surface area contributed by atoms with Crippen molar-refractivity contribution in [1.29, 1.82) is 0 Å². The van der Waals surface area contributed by atoms with Crippen molar-refractivity contribution in [1.82, 2.24) is 4.98 Å². The van der Waals surface area contributed by atoms with Gasteiger partial charge in [-0.05, 0) is 6.07 Å². The normalized spacial score (nSPS) is 11.6. The molecule has 0 saturated carbocycles. The van der Waals surface area contributed by atoms with E-state index < -0.39 is 17.6 Å². The second kappa shape index (κ2) is 4.29. The Morgan fingerprint density at radius 1 is 1.11 bits per heavy atom. The first-order chi connectivity index (χ1) is 8.39. The zero-order valence-electron chi connectivity index (χ0n) is 9.00. The van der Waals surface area contributed by atoms with Crippen molar-refractivity contribution in [2.45, 2.75) is 6.18 Å². The molecule has 2 aromatic rings. The van der Waals surface area contributed by atoms with Gasteiger partial charge in [-0.15, -0.1) is 0 Å². The molecule has 0 aliphatic rings. The van der Waals surface area contributed by atoms with Crippen molar-refractivity contribution >= 4 is 5.69 Å². The third-order valence-corrected chi connectivity index (χ3v) is 2.37. The molecule has 2 N–H and O–H groups in total. The summed E-state index contributed by atoms with van der Waals surface area (Å²) in [5.74, 6) is -0.694. The third kappa shape index (κ3) is 2.27. The van der Waals surface area contributed by atoms with Crippen LogP contribution in [-0.2, 0) is 6.18 Å². The van der Waals surface area contributed by atoms with E-state index in [1.807, 2.05) is 0 Å². The molecule has 0 spiro atoms. The van der Waals surface area contributed by atoms with Crippen molar-refractivity contribution < 1.29 is 17.6 Å². The molecule has 0 fully saturated rings. The molecule has 18 heavy (non-hydrogen) atoms. The van der Waals surface area contributed by atoms with Crippen LogP contribution in [0, 0.1) is 5.82 Å². The number of hydrogen-bond donors (Lipinski definition) is 1. The minimum atomic E-state index is -4.51. The Morgan fingerprint density at radius 2 is 1.78 bits per heavy atom. The Hall–Kier alpha value is -2.11. The summed E-state index contributed by atoms with van der Waals surface area (Å²) in [7, 11) is 0. The Kier molecular flexibility index (Phi) is 2.94. The van der Waals surface area contributed by atoms with Crippen LogP contribution in [-0.4, -0.2) is 4.98 Å². The van der Waals surface area contributed by atoms with Gasteiger partial charge in [0.15, 0.2) is 0 Å². The first-order valence-electron chi connectivity index (χ1n) is 4.97. The molecule has 1 aromatic carbocycles. The maximum absolute atomic E-state index is 12.8. The molecule has 2 nitrogen and oxygen atoms in total. The van der Waals surface area contributed by atoms with Crippen LogP contribution in [0.1, 0.15) is 5.56 Å².